The molecule has 7 heteroatoms. The third kappa shape index (κ3) is 3.19. The van der Waals surface area contributed by atoms with Crippen molar-refractivity contribution in [1.29, 1.82) is 0 Å². The van der Waals surface area contributed by atoms with Crippen LogP contribution in [0.15, 0.2) is 63.7 Å². The summed E-state index contributed by atoms with van der Waals surface area (Å²) in [6.07, 6.45) is 1.59. The summed E-state index contributed by atoms with van der Waals surface area (Å²) in [6, 6.07) is 13.1. The minimum Gasteiger partial charge on any atom is -0.402 e. The van der Waals surface area contributed by atoms with Gasteiger partial charge in [-0.3, -0.25) is 10.1 Å². The molecule has 2 aromatic rings. The number of carbonyl (C=O) groups excluding carboxylic acids is 1. The number of ether oxygens (including phenoxy) is 1. The number of cyclic esters (lactones) is 1. The summed E-state index contributed by atoms with van der Waals surface area (Å²) in [5.41, 5.74) is 1.20. The molecule has 0 bridgehead atoms. The van der Waals surface area contributed by atoms with Crippen molar-refractivity contribution in [1.82, 2.24) is 0 Å². The van der Waals surface area contributed by atoms with Crippen LogP contribution >= 0.6 is 15.9 Å². The molecule has 0 aliphatic carbocycles. The number of esters is 1. The van der Waals surface area contributed by atoms with Crippen LogP contribution in [0.3, 0.4) is 0 Å². The lowest BCUT2D eigenvalue weighted by atomic mass is 10.2. The lowest BCUT2D eigenvalue weighted by Gasteiger charge is -1.98. The standard InChI is InChI=1S/C16H9BrN2O4/c17-13-7-2-1-4-10(13)9-14-16(20)23-15(18-14)11-5-3-6-12(8-11)19(21)22/h1-9H. The van der Waals surface area contributed by atoms with Crippen LogP contribution in [-0.2, 0) is 9.53 Å². The first-order valence-electron chi connectivity index (χ1n) is 6.56. The van der Waals surface area contributed by atoms with E-state index in [-0.39, 0.29) is 17.3 Å². The molecule has 1 aliphatic heterocycles. The van der Waals surface area contributed by atoms with Gasteiger partial charge in [-0.15, -0.1) is 0 Å². The SMILES string of the molecule is O=C1OC(c2cccc([N+](=O)[O-])c2)=NC1=Cc1ccccc1Br. The zero-order valence-corrected chi connectivity index (χ0v) is 13.2. The van der Waals surface area contributed by atoms with Gasteiger partial charge in [0.1, 0.15) is 0 Å². The van der Waals surface area contributed by atoms with Gasteiger partial charge < -0.3 is 4.74 Å². The predicted molar refractivity (Wildman–Crippen MR) is 87.8 cm³/mol. The molecule has 0 N–H and O–H groups in total. The van der Waals surface area contributed by atoms with Crippen molar-refractivity contribution >= 4 is 39.6 Å². The zero-order chi connectivity index (χ0) is 16.4. The van der Waals surface area contributed by atoms with Crippen molar-refractivity contribution in [2.75, 3.05) is 0 Å². The smallest absolute Gasteiger partial charge is 0.363 e. The molecule has 0 fully saturated rings. The predicted octanol–water partition coefficient (Wildman–Crippen LogP) is 3.70. The Kier molecular flexibility index (Phi) is 4.03. The van der Waals surface area contributed by atoms with Crippen LogP contribution in [0.1, 0.15) is 11.1 Å². The fourth-order valence-electron chi connectivity index (χ4n) is 2.02. The number of benzene rings is 2. The Balaban J connectivity index is 1.97. The Morgan fingerprint density at radius 1 is 1.17 bits per heavy atom. The van der Waals surface area contributed by atoms with Crippen molar-refractivity contribution in [3.63, 3.8) is 0 Å². The second kappa shape index (κ2) is 6.13. The van der Waals surface area contributed by atoms with E-state index in [1.54, 1.807) is 12.1 Å². The first-order chi connectivity index (χ1) is 11.0. The highest BCUT2D eigenvalue weighted by Crippen LogP contribution is 2.24. The van der Waals surface area contributed by atoms with E-state index in [1.165, 1.54) is 18.2 Å². The Hall–Kier alpha value is -2.80. The molecule has 1 heterocycles. The molecule has 0 aromatic heterocycles. The van der Waals surface area contributed by atoms with Gasteiger partial charge in [-0.05, 0) is 23.8 Å². The topological polar surface area (TPSA) is 81.8 Å². The van der Waals surface area contributed by atoms with Crippen molar-refractivity contribution in [3.05, 3.63) is 79.9 Å². The van der Waals surface area contributed by atoms with E-state index in [2.05, 4.69) is 20.9 Å². The van der Waals surface area contributed by atoms with Gasteiger partial charge in [0.2, 0.25) is 5.90 Å². The van der Waals surface area contributed by atoms with Crippen molar-refractivity contribution in [2.24, 2.45) is 4.99 Å². The van der Waals surface area contributed by atoms with E-state index in [4.69, 9.17) is 4.74 Å². The molecular weight excluding hydrogens is 364 g/mol. The third-order valence-electron chi connectivity index (χ3n) is 3.12. The first-order valence-corrected chi connectivity index (χ1v) is 7.36. The summed E-state index contributed by atoms with van der Waals surface area (Å²) in [5, 5.41) is 10.8. The van der Waals surface area contributed by atoms with E-state index < -0.39 is 10.9 Å². The van der Waals surface area contributed by atoms with Crippen LogP contribution in [-0.4, -0.2) is 16.8 Å². The molecule has 0 radical (unpaired) electrons. The molecule has 0 atom stereocenters. The molecule has 0 amide bonds. The molecule has 23 heavy (non-hydrogen) atoms. The second-order valence-electron chi connectivity index (χ2n) is 4.67. The lowest BCUT2D eigenvalue weighted by Crippen LogP contribution is -2.05. The van der Waals surface area contributed by atoms with E-state index >= 15 is 0 Å². The minimum absolute atomic E-state index is 0.0528. The molecule has 0 saturated heterocycles. The van der Waals surface area contributed by atoms with E-state index in [9.17, 15) is 14.9 Å². The summed E-state index contributed by atoms with van der Waals surface area (Å²) in [7, 11) is 0. The number of halogens is 1. The van der Waals surface area contributed by atoms with Crippen LogP contribution in [0.5, 0.6) is 0 Å². The maximum absolute atomic E-state index is 11.9. The van der Waals surface area contributed by atoms with Crippen LogP contribution in [0.25, 0.3) is 6.08 Å². The normalized spacial score (nSPS) is 15.4. The Bertz CT molecular complexity index is 874. The molecule has 0 unspecified atom stereocenters. The number of hydrogen-bond acceptors (Lipinski definition) is 5. The summed E-state index contributed by atoms with van der Waals surface area (Å²) in [5.74, 6) is -0.542. The number of carbonyl (C=O) groups is 1. The number of nitro groups is 1. The van der Waals surface area contributed by atoms with Crippen LogP contribution in [0.2, 0.25) is 0 Å². The molecular formula is C16H9BrN2O4. The van der Waals surface area contributed by atoms with Crippen LogP contribution in [0, 0.1) is 10.1 Å². The number of nitrogens with zero attached hydrogens (tertiary/aromatic N) is 2. The van der Waals surface area contributed by atoms with Gasteiger partial charge in [0, 0.05) is 22.2 Å². The van der Waals surface area contributed by atoms with Crippen LogP contribution < -0.4 is 0 Å². The number of non-ortho nitro benzene ring substituents is 1. The van der Waals surface area contributed by atoms with Crippen molar-refractivity contribution in [2.45, 2.75) is 0 Å². The zero-order valence-electron chi connectivity index (χ0n) is 11.6. The van der Waals surface area contributed by atoms with Gasteiger partial charge >= 0.3 is 5.97 Å². The van der Waals surface area contributed by atoms with Crippen molar-refractivity contribution < 1.29 is 14.5 Å². The fourth-order valence-corrected chi connectivity index (χ4v) is 2.42. The molecule has 2 aromatic carbocycles. The van der Waals surface area contributed by atoms with Gasteiger partial charge in [0.25, 0.3) is 5.69 Å². The number of aliphatic imine (C=N–C) groups is 1. The highest BCUT2D eigenvalue weighted by molar-refractivity contribution is 9.10. The Morgan fingerprint density at radius 3 is 2.70 bits per heavy atom. The third-order valence-corrected chi connectivity index (χ3v) is 3.84. The van der Waals surface area contributed by atoms with Gasteiger partial charge in [0.15, 0.2) is 5.70 Å². The van der Waals surface area contributed by atoms with E-state index in [0.717, 1.165) is 10.0 Å². The molecule has 6 nitrogen and oxygen atoms in total. The monoisotopic (exact) mass is 372 g/mol. The number of nitro benzene ring substituents is 1. The highest BCUT2D eigenvalue weighted by Gasteiger charge is 2.25. The summed E-state index contributed by atoms with van der Waals surface area (Å²) >= 11 is 3.39. The molecule has 114 valence electrons. The number of hydrogen-bond donors (Lipinski definition) is 0. The van der Waals surface area contributed by atoms with Crippen molar-refractivity contribution in [3.8, 4) is 0 Å². The average molecular weight is 373 g/mol. The molecule has 0 spiro atoms. The molecule has 3 rings (SSSR count). The van der Waals surface area contributed by atoms with Gasteiger partial charge in [-0.1, -0.05) is 40.2 Å². The van der Waals surface area contributed by atoms with Gasteiger partial charge in [-0.2, -0.15) is 0 Å². The van der Waals surface area contributed by atoms with Gasteiger partial charge in [0.05, 0.1) is 4.92 Å². The summed E-state index contributed by atoms with van der Waals surface area (Å²) in [4.78, 5) is 26.4. The summed E-state index contributed by atoms with van der Waals surface area (Å²) in [6.45, 7) is 0. The van der Waals surface area contributed by atoms with Crippen LogP contribution in [0.4, 0.5) is 5.69 Å². The van der Waals surface area contributed by atoms with Gasteiger partial charge in [-0.25, -0.2) is 9.79 Å². The van der Waals surface area contributed by atoms with E-state index in [1.807, 2.05) is 24.3 Å². The molecule has 1 aliphatic rings. The Morgan fingerprint density at radius 2 is 1.96 bits per heavy atom. The maximum Gasteiger partial charge on any atom is 0.363 e. The fraction of sp³-hybridized carbons (Fsp3) is 0. The average Bonchev–Trinajstić information content (AvgIpc) is 2.91. The largest absolute Gasteiger partial charge is 0.402 e. The van der Waals surface area contributed by atoms with E-state index in [0.29, 0.717) is 5.56 Å². The minimum atomic E-state index is -0.595. The maximum atomic E-state index is 11.9. The second-order valence-corrected chi connectivity index (χ2v) is 5.52. The highest BCUT2D eigenvalue weighted by atomic mass is 79.9. The first kappa shape index (κ1) is 15.1. The quantitative estimate of drug-likeness (QED) is 0.356. The Labute approximate surface area is 139 Å². The lowest BCUT2D eigenvalue weighted by molar-refractivity contribution is -0.384. The summed E-state index contributed by atoms with van der Waals surface area (Å²) < 4.78 is 5.93. The number of rotatable bonds is 3. The molecule has 0 saturated carbocycles.